The summed E-state index contributed by atoms with van der Waals surface area (Å²) in [5.41, 5.74) is 1.32. The average molecular weight is 349 g/mol. The number of halogens is 2. The Kier molecular flexibility index (Phi) is 4.55. The van der Waals surface area contributed by atoms with Crippen LogP contribution in [0, 0.1) is 17.1 Å². The Hall–Kier alpha value is -2.39. The van der Waals surface area contributed by atoms with Crippen molar-refractivity contribution in [1.29, 1.82) is 5.26 Å². The lowest BCUT2D eigenvalue weighted by atomic mass is 10.1. The van der Waals surface area contributed by atoms with Crippen molar-refractivity contribution in [3.63, 3.8) is 0 Å². The van der Waals surface area contributed by atoms with Crippen molar-refractivity contribution in [2.75, 3.05) is 5.32 Å². The van der Waals surface area contributed by atoms with Crippen LogP contribution in [-0.2, 0) is 6.54 Å². The highest BCUT2D eigenvalue weighted by Gasteiger charge is 2.09. The van der Waals surface area contributed by atoms with E-state index in [1.807, 2.05) is 6.07 Å². The van der Waals surface area contributed by atoms with Gasteiger partial charge in [0.1, 0.15) is 17.4 Å². The number of aromatic carboxylic acids is 1. The first-order chi connectivity index (χ1) is 10.0. The predicted octanol–water partition coefficient (Wildman–Crippen LogP) is 3.77. The number of hydrogen-bond acceptors (Lipinski definition) is 3. The molecule has 0 fully saturated rings. The van der Waals surface area contributed by atoms with Crippen molar-refractivity contribution >= 4 is 27.6 Å². The molecule has 0 saturated carbocycles. The lowest BCUT2D eigenvalue weighted by Crippen LogP contribution is -2.04. The number of anilines is 1. The van der Waals surface area contributed by atoms with Crippen LogP contribution in [0.1, 0.15) is 21.5 Å². The first-order valence-corrected chi connectivity index (χ1v) is 6.76. The molecule has 0 aliphatic carbocycles. The SMILES string of the molecule is N#Cc1c(F)cccc1NCc1ccc(C(=O)O)cc1Br. The van der Waals surface area contributed by atoms with E-state index in [2.05, 4.69) is 21.2 Å². The Morgan fingerprint density at radius 1 is 1.38 bits per heavy atom. The summed E-state index contributed by atoms with van der Waals surface area (Å²) in [6.45, 7) is 0.332. The zero-order valence-electron chi connectivity index (χ0n) is 10.7. The van der Waals surface area contributed by atoms with Gasteiger partial charge in [0.2, 0.25) is 0 Å². The summed E-state index contributed by atoms with van der Waals surface area (Å²) in [7, 11) is 0. The molecule has 21 heavy (non-hydrogen) atoms. The molecule has 0 atom stereocenters. The first kappa shape index (κ1) is 15.0. The van der Waals surface area contributed by atoms with Gasteiger partial charge in [0.15, 0.2) is 0 Å². The zero-order chi connectivity index (χ0) is 15.4. The van der Waals surface area contributed by atoms with Gasteiger partial charge in [-0.15, -0.1) is 0 Å². The van der Waals surface area contributed by atoms with Gasteiger partial charge in [-0.25, -0.2) is 9.18 Å². The van der Waals surface area contributed by atoms with Gasteiger partial charge in [-0.2, -0.15) is 5.26 Å². The second kappa shape index (κ2) is 6.37. The highest BCUT2D eigenvalue weighted by atomic mass is 79.9. The van der Waals surface area contributed by atoms with Gasteiger partial charge in [-0.1, -0.05) is 28.1 Å². The van der Waals surface area contributed by atoms with Gasteiger partial charge in [0.05, 0.1) is 11.3 Å². The molecule has 0 saturated heterocycles. The Labute approximate surface area is 129 Å². The van der Waals surface area contributed by atoms with E-state index < -0.39 is 11.8 Å². The lowest BCUT2D eigenvalue weighted by Gasteiger charge is -2.10. The maximum atomic E-state index is 13.5. The summed E-state index contributed by atoms with van der Waals surface area (Å²) >= 11 is 3.30. The molecule has 0 aliphatic rings. The number of carbonyl (C=O) groups is 1. The monoisotopic (exact) mass is 348 g/mol. The molecule has 2 rings (SSSR count). The maximum Gasteiger partial charge on any atom is 0.335 e. The number of nitriles is 1. The smallest absolute Gasteiger partial charge is 0.335 e. The van der Waals surface area contributed by atoms with Crippen molar-refractivity contribution < 1.29 is 14.3 Å². The summed E-state index contributed by atoms with van der Waals surface area (Å²) in [6, 6.07) is 10.8. The summed E-state index contributed by atoms with van der Waals surface area (Å²) in [6.07, 6.45) is 0. The molecule has 0 heterocycles. The van der Waals surface area contributed by atoms with E-state index in [1.165, 1.54) is 24.3 Å². The molecule has 0 amide bonds. The topological polar surface area (TPSA) is 73.1 Å². The second-order valence-electron chi connectivity index (χ2n) is 4.24. The lowest BCUT2D eigenvalue weighted by molar-refractivity contribution is 0.0697. The van der Waals surface area contributed by atoms with Gasteiger partial charge < -0.3 is 10.4 Å². The van der Waals surface area contributed by atoms with Crippen molar-refractivity contribution in [3.8, 4) is 6.07 Å². The number of nitrogens with zero attached hydrogens (tertiary/aromatic N) is 1. The third-order valence-electron chi connectivity index (χ3n) is 2.89. The fourth-order valence-corrected chi connectivity index (χ4v) is 2.32. The number of rotatable bonds is 4. The van der Waals surface area contributed by atoms with E-state index in [1.54, 1.807) is 12.1 Å². The molecule has 0 spiro atoms. The van der Waals surface area contributed by atoms with E-state index in [9.17, 15) is 9.18 Å². The Morgan fingerprint density at radius 2 is 2.14 bits per heavy atom. The van der Waals surface area contributed by atoms with Crippen molar-refractivity contribution in [2.45, 2.75) is 6.54 Å². The van der Waals surface area contributed by atoms with E-state index in [0.717, 1.165) is 5.56 Å². The molecule has 0 bridgehead atoms. The molecule has 6 heteroatoms. The van der Waals surface area contributed by atoms with Crippen LogP contribution >= 0.6 is 15.9 Å². The number of nitrogens with one attached hydrogen (secondary N) is 1. The van der Waals surface area contributed by atoms with Crippen molar-refractivity contribution in [3.05, 3.63) is 63.4 Å². The van der Waals surface area contributed by atoms with Crippen molar-refractivity contribution in [1.82, 2.24) is 0 Å². The number of carboxylic acid groups (broad SMARTS) is 1. The number of benzene rings is 2. The molecule has 0 unspecified atom stereocenters. The maximum absolute atomic E-state index is 13.5. The first-order valence-electron chi connectivity index (χ1n) is 5.97. The third-order valence-corrected chi connectivity index (χ3v) is 3.63. The summed E-state index contributed by atoms with van der Waals surface area (Å²) in [5, 5.41) is 20.8. The highest BCUT2D eigenvalue weighted by Crippen LogP contribution is 2.22. The van der Waals surface area contributed by atoms with Gasteiger partial charge in [-0.3, -0.25) is 0 Å². The molecule has 0 aliphatic heterocycles. The minimum absolute atomic E-state index is 0.0456. The van der Waals surface area contributed by atoms with Crippen molar-refractivity contribution in [2.24, 2.45) is 0 Å². The Balaban J connectivity index is 2.20. The summed E-state index contributed by atoms with van der Waals surface area (Å²) < 4.78 is 14.1. The zero-order valence-corrected chi connectivity index (χ0v) is 12.3. The molecule has 2 aromatic rings. The van der Waals surface area contributed by atoms with Gasteiger partial charge in [0.25, 0.3) is 0 Å². The molecule has 0 radical (unpaired) electrons. The van der Waals surface area contributed by atoms with E-state index in [-0.39, 0.29) is 11.1 Å². The second-order valence-corrected chi connectivity index (χ2v) is 5.09. The van der Waals surface area contributed by atoms with E-state index in [0.29, 0.717) is 16.7 Å². The minimum Gasteiger partial charge on any atom is -0.478 e. The third kappa shape index (κ3) is 3.38. The van der Waals surface area contributed by atoms with Crippen LogP contribution in [0.3, 0.4) is 0 Å². The van der Waals surface area contributed by atoms with Gasteiger partial charge >= 0.3 is 5.97 Å². The number of hydrogen-bond donors (Lipinski definition) is 2. The number of carboxylic acids is 1. The van der Waals surface area contributed by atoms with Crippen LogP contribution < -0.4 is 5.32 Å². The molecule has 2 aromatic carbocycles. The summed E-state index contributed by atoms with van der Waals surface area (Å²) in [5.74, 6) is -1.59. The fourth-order valence-electron chi connectivity index (χ4n) is 1.80. The Bertz CT molecular complexity index is 741. The van der Waals surface area contributed by atoms with Crippen LogP contribution in [0.15, 0.2) is 40.9 Å². The fraction of sp³-hybridized carbons (Fsp3) is 0.0667. The minimum atomic E-state index is -1.01. The largest absolute Gasteiger partial charge is 0.478 e. The normalized spacial score (nSPS) is 9.95. The molecular weight excluding hydrogens is 339 g/mol. The van der Waals surface area contributed by atoms with Gasteiger partial charge in [0, 0.05) is 11.0 Å². The van der Waals surface area contributed by atoms with Crippen LogP contribution in [-0.4, -0.2) is 11.1 Å². The highest BCUT2D eigenvalue weighted by molar-refractivity contribution is 9.10. The molecule has 2 N–H and O–H groups in total. The molecule has 106 valence electrons. The van der Waals surface area contributed by atoms with E-state index >= 15 is 0 Å². The predicted molar refractivity (Wildman–Crippen MR) is 79.5 cm³/mol. The van der Waals surface area contributed by atoms with Gasteiger partial charge in [-0.05, 0) is 29.8 Å². The molecule has 4 nitrogen and oxygen atoms in total. The average Bonchev–Trinajstić information content (AvgIpc) is 2.45. The summed E-state index contributed by atoms with van der Waals surface area (Å²) in [4.78, 5) is 10.9. The Morgan fingerprint density at radius 3 is 2.76 bits per heavy atom. The quantitative estimate of drug-likeness (QED) is 0.881. The van der Waals surface area contributed by atoms with Crippen LogP contribution in [0.25, 0.3) is 0 Å². The van der Waals surface area contributed by atoms with E-state index in [4.69, 9.17) is 10.4 Å². The standard InChI is InChI=1S/C15H10BrFN2O2/c16-12-6-9(15(20)21)4-5-10(12)8-19-14-3-1-2-13(17)11(14)7-18/h1-6,19H,8H2,(H,20,21). The molecular formula is C15H10BrFN2O2. The molecule has 0 aromatic heterocycles. The van der Waals surface area contributed by atoms with Crippen LogP contribution in [0.2, 0.25) is 0 Å². The van der Waals surface area contributed by atoms with Crippen LogP contribution in [0.4, 0.5) is 10.1 Å². The van der Waals surface area contributed by atoms with Crippen LogP contribution in [0.5, 0.6) is 0 Å².